The third kappa shape index (κ3) is 6.73. The lowest BCUT2D eigenvalue weighted by Crippen LogP contribution is -2.46. The first-order chi connectivity index (χ1) is 7.51. The van der Waals surface area contributed by atoms with Crippen LogP contribution in [-0.4, -0.2) is 64.5 Å². The van der Waals surface area contributed by atoms with E-state index in [1.165, 1.54) is 14.2 Å². The van der Waals surface area contributed by atoms with Crippen LogP contribution in [0, 0.1) is 0 Å². The number of hydrogen-bond donors (Lipinski definition) is 2. The van der Waals surface area contributed by atoms with Gasteiger partial charge in [0.2, 0.25) is 5.91 Å². The number of likely N-dealkylation sites (N-methyl/N-ethyl adjacent to an activating group) is 1. The maximum atomic E-state index is 11.2. The Labute approximate surface area is 97.1 Å². The van der Waals surface area contributed by atoms with Gasteiger partial charge in [-0.3, -0.25) is 4.79 Å². The molecular weight excluding hydrogens is 210 g/mol. The molecule has 16 heavy (non-hydrogen) atoms. The lowest BCUT2D eigenvalue weighted by Gasteiger charge is -2.21. The van der Waals surface area contributed by atoms with Crippen molar-refractivity contribution < 1.29 is 14.3 Å². The smallest absolute Gasteiger partial charge is 0.234 e. The van der Waals surface area contributed by atoms with E-state index in [2.05, 4.69) is 5.32 Å². The zero-order valence-corrected chi connectivity index (χ0v) is 10.5. The molecule has 0 aromatic carbocycles. The van der Waals surface area contributed by atoms with E-state index in [9.17, 15) is 4.79 Å². The normalized spacial score (nSPS) is 13.4. The number of amides is 1. The molecule has 0 heterocycles. The topological polar surface area (TPSA) is 76.8 Å². The van der Waals surface area contributed by atoms with Crippen LogP contribution in [-0.2, 0) is 14.3 Å². The summed E-state index contributed by atoms with van der Waals surface area (Å²) in [7, 11) is 7.00. The molecule has 0 rings (SSSR count). The van der Waals surface area contributed by atoms with Gasteiger partial charge in [-0.25, -0.2) is 0 Å². The van der Waals surface area contributed by atoms with Crippen LogP contribution < -0.4 is 11.1 Å². The van der Waals surface area contributed by atoms with Crippen molar-refractivity contribution in [2.24, 2.45) is 5.73 Å². The number of carbonyl (C=O) groups is 1. The van der Waals surface area contributed by atoms with Gasteiger partial charge in [-0.15, -0.1) is 0 Å². The number of primary amides is 1. The Morgan fingerprint density at radius 2 is 1.94 bits per heavy atom. The summed E-state index contributed by atoms with van der Waals surface area (Å²) in [6.07, 6.45) is -0.000171. The van der Waals surface area contributed by atoms with Crippen molar-refractivity contribution >= 4 is 5.91 Å². The highest BCUT2D eigenvalue weighted by Crippen LogP contribution is 2.02. The number of ether oxygens (including phenoxy) is 2. The highest BCUT2D eigenvalue weighted by atomic mass is 16.7. The molecule has 1 amide bonds. The molecule has 0 saturated carbocycles. The summed E-state index contributed by atoms with van der Waals surface area (Å²) in [4.78, 5) is 13.2. The summed E-state index contributed by atoms with van der Waals surface area (Å²) in [5.74, 6) is -0.391. The number of nitrogens with one attached hydrogen (secondary N) is 1. The summed E-state index contributed by atoms with van der Waals surface area (Å²) in [5, 5.41) is 3.07. The first-order valence-electron chi connectivity index (χ1n) is 5.24. The molecule has 96 valence electrons. The van der Waals surface area contributed by atoms with E-state index in [4.69, 9.17) is 15.2 Å². The molecule has 6 heteroatoms. The molecule has 6 nitrogen and oxygen atoms in total. The van der Waals surface area contributed by atoms with Crippen LogP contribution in [0.25, 0.3) is 0 Å². The third-order valence-corrected chi connectivity index (χ3v) is 2.25. The van der Waals surface area contributed by atoms with Gasteiger partial charge in [0.05, 0.1) is 6.04 Å². The number of rotatable bonds is 9. The van der Waals surface area contributed by atoms with Crippen LogP contribution in [0.2, 0.25) is 0 Å². The van der Waals surface area contributed by atoms with E-state index >= 15 is 0 Å². The van der Waals surface area contributed by atoms with Crippen molar-refractivity contribution in [1.29, 1.82) is 0 Å². The van der Waals surface area contributed by atoms with Crippen molar-refractivity contribution in [3.8, 4) is 0 Å². The lowest BCUT2D eigenvalue weighted by molar-refractivity contribution is -0.130. The molecule has 0 fully saturated rings. The molecule has 0 aliphatic carbocycles. The molecule has 0 aromatic rings. The second-order valence-electron chi connectivity index (χ2n) is 3.85. The summed E-state index contributed by atoms with van der Waals surface area (Å²) in [6.45, 7) is 1.54. The molecule has 1 unspecified atom stereocenters. The summed E-state index contributed by atoms with van der Waals surface area (Å²) in [5.41, 5.74) is 5.29. The van der Waals surface area contributed by atoms with Crippen LogP contribution in [0.5, 0.6) is 0 Å². The van der Waals surface area contributed by atoms with Crippen LogP contribution in [0.4, 0.5) is 0 Å². The van der Waals surface area contributed by atoms with E-state index < -0.39 is 18.2 Å². The molecule has 0 aliphatic rings. The minimum atomic E-state index is -0.426. The van der Waals surface area contributed by atoms with Crippen LogP contribution in [0.15, 0.2) is 0 Å². The summed E-state index contributed by atoms with van der Waals surface area (Å²) < 4.78 is 10.1. The molecule has 0 spiro atoms. The summed E-state index contributed by atoms with van der Waals surface area (Å²) in [6, 6.07) is -0.426. The van der Waals surface area contributed by atoms with Gasteiger partial charge < -0.3 is 25.4 Å². The van der Waals surface area contributed by atoms with Crippen LogP contribution in [0.1, 0.15) is 6.42 Å². The lowest BCUT2D eigenvalue weighted by atomic mass is 10.2. The van der Waals surface area contributed by atoms with Gasteiger partial charge in [0, 0.05) is 33.7 Å². The van der Waals surface area contributed by atoms with Gasteiger partial charge in [0.25, 0.3) is 0 Å². The molecule has 1 atom stereocenters. The second kappa shape index (κ2) is 8.46. The Morgan fingerprint density at radius 1 is 1.38 bits per heavy atom. The molecular formula is C10H23N3O3. The maximum Gasteiger partial charge on any atom is 0.234 e. The highest BCUT2D eigenvalue weighted by Gasteiger charge is 2.19. The third-order valence-electron chi connectivity index (χ3n) is 2.25. The zero-order chi connectivity index (χ0) is 12.6. The van der Waals surface area contributed by atoms with E-state index in [-0.39, 0.29) is 0 Å². The Morgan fingerprint density at radius 3 is 2.31 bits per heavy atom. The Kier molecular flexibility index (Phi) is 8.10. The number of nitrogens with zero attached hydrogens (tertiary/aromatic N) is 1. The fourth-order valence-electron chi connectivity index (χ4n) is 1.24. The number of carbonyl (C=O) groups excluding carboxylic acids is 1. The molecule has 3 N–H and O–H groups in total. The second-order valence-corrected chi connectivity index (χ2v) is 3.85. The first-order valence-corrected chi connectivity index (χ1v) is 5.24. The SMILES string of the molecule is COC(CC(NCCN(C)C)C(N)=O)OC. The van der Waals surface area contributed by atoms with Gasteiger partial charge in [0.1, 0.15) is 0 Å². The van der Waals surface area contributed by atoms with Crippen molar-refractivity contribution in [3.05, 3.63) is 0 Å². The largest absolute Gasteiger partial charge is 0.368 e. The highest BCUT2D eigenvalue weighted by molar-refractivity contribution is 5.79. The van der Waals surface area contributed by atoms with Crippen LogP contribution in [0.3, 0.4) is 0 Å². The molecule has 0 aromatic heterocycles. The quantitative estimate of drug-likeness (QED) is 0.500. The van der Waals surface area contributed by atoms with Gasteiger partial charge in [0.15, 0.2) is 6.29 Å². The van der Waals surface area contributed by atoms with E-state index in [0.717, 1.165) is 6.54 Å². The first kappa shape index (κ1) is 15.3. The minimum absolute atomic E-state index is 0.391. The fourth-order valence-corrected chi connectivity index (χ4v) is 1.24. The van der Waals surface area contributed by atoms with Gasteiger partial charge in [-0.05, 0) is 14.1 Å². The predicted molar refractivity (Wildman–Crippen MR) is 62.0 cm³/mol. The van der Waals surface area contributed by atoms with Crippen molar-refractivity contribution in [1.82, 2.24) is 10.2 Å². The molecule has 0 radical (unpaired) electrons. The van der Waals surface area contributed by atoms with E-state index in [1.807, 2.05) is 19.0 Å². The van der Waals surface area contributed by atoms with Crippen LogP contribution >= 0.6 is 0 Å². The Balaban J connectivity index is 4.02. The fraction of sp³-hybridized carbons (Fsp3) is 0.900. The van der Waals surface area contributed by atoms with Gasteiger partial charge >= 0.3 is 0 Å². The average molecular weight is 233 g/mol. The Bertz CT molecular complexity index is 196. The monoisotopic (exact) mass is 233 g/mol. The summed E-state index contributed by atoms with van der Waals surface area (Å²) >= 11 is 0. The maximum absolute atomic E-state index is 11.2. The minimum Gasteiger partial charge on any atom is -0.368 e. The number of nitrogens with two attached hydrogens (primary N) is 1. The standard InChI is InChI=1S/C10H23N3O3/c1-13(2)6-5-12-8(10(11)14)7-9(15-3)16-4/h8-9,12H,5-7H2,1-4H3,(H2,11,14). The molecule has 0 aliphatic heterocycles. The molecule has 0 saturated heterocycles. The van der Waals surface area contributed by atoms with Crippen molar-refractivity contribution in [2.75, 3.05) is 41.4 Å². The van der Waals surface area contributed by atoms with Crippen molar-refractivity contribution in [2.45, 2.75) is 18.8 Å². The number of methoxy groups -OCH3 is 2. The average Bonchev–Trinajstić information content (AvgIpc) is 2.22. The predicted octanol–water partition coefficient (Wildman–Crippen LogP) is -0.999. The van der Waals surface area contributed by atoms with E-state index in [0.29, 0.717) is 13.0 Å². The number of hydrogen-bond acceptors (Lipinski definition) is 5. The molecule has 0 bridgehead atoms. The Hall–Kier alpha value is -0.690. The van der Waals surface area contributed by atoms with Gasteiger partial charge in [-0.2, -0.15) is 0 Å². The van der Waals surface area contributed by atoms with Crippen molar-refractivity contribution in [3.63, 3.8) is 0 Å². The van der Waals surface area contributed by atoms with E-state index in [1.54, 1.807) is 0 Å². The van der Waals surface area contributed by atoms with Gasteiger partial charge in [-0.1, -0.05) is 0 Å². The zero-order valence-electron chi connectivity index (χ0n) is 10.5.